The second-order valence-electron chi connectivity index (χ2n) is 14.2. The molecule has 0 unspecified atom stereocenters. The number of piperidine rings is 1. The lowest BCUT2D eigenvalue weighted by Crippen LogP contribution is -2.45. The molecular weight excluding hydrogens is 682 g/mol. The van der Waals surface area contributed by atoms with Crippen molar-refractivity contribution in [1.82, 2.24) is 34.5 Å². The average molecular weight is 725 g/mol. The Morgan fingerprint density at radius 2 is 1.84 bits per heavy atom. The second kappa shape index (κ2) is 13.3. The van der Waals surface area contributed by atoms with Crippen molar-refractivity contribution in [3.8, 4) is 11.1 Å². The van der Waals surface area contributed by atoms with Crippen molar-refractivity contribution in [3.63, 3.8) is 0 Å². The normalized spacial score (nSPS) is 23.0. The molecule has 0 spiro atoms. The summed E-state index contributed by atoms with van der Waals surface area (Å²) in [4.78, 5) is 59.3. The van der Waals surface area contributed by atoms with Gasteiger partial charge in [-0.05, 0) is 105 Å². The van der Waals surface area contributed by atoms with Crippen LogP contribution in [0.25, 0.3) is 28.1 Å². The van der Waals surface area contributed by atoms with Gasteiger partial charge in [-0.15, -0.1) is 0 Å². The molecule has 11 heteroatoms. The van der Waals surface area contributed by atoms with Gasteiger partial charge in [0.05, 0.1) is 23.7 Å². The molecule has 254 valence electrons. The molecule has 7 rings (SSSR count). The number of rotatable bonds is 5. The zero-order chi connectivity index (χ0) is 34.4. The van der Waals surface area contributed by atoms with Crippen molar-refractivity contribution in [2.45, 2.75) is 84.3 Å². The number of aryl methyl sites for hydroxylation is 2. The molecule has 1 aliphatic carbocycles. The SMILES string of the molecule is CC(=O)c1nn2c3c(cc(-c4cnc(C)nc4)cc13)C=CCCCCCN(C)C[C@@]13C[C@@H](C(=O)Cc4nc(Br)ccc4C)N(C(=O)C2)[C@@H]1C3. The van der Waals surface area contributed by atoms with E-state index in [1.165, 1.54) is 6.92 Å². The Bertz CT molecular complexity index is 1990. The molecule has 10 nitrogen and oxygen atoms in total. The molecule has 2 fully saturated rings. The standard InChI is InChI=1S/C38H42BrN7O3/c1-23-11-12-34(39)42-30(23)16-32(48)31-17-38-18-33(38)46(31)35(49)21-45-37-26(10-8-6-5-7-9-13-44(4)22-38)14-27(28-19-40-25(3)41-20-28)15-29(37)36(43-45)24(2)47/h8,10-12,14-15,19-20,31,33H,5-7,9,13,16-18,21-22H2,1-4H3/t31-,33+,38-/m0/s1. The molecule has 0 radical (unpaired) electrons. The van der Waals surface area contributed by atoms with Crippen molar-refractivity contribution in [2.75, 3.05) is 20.1 Å². The quantitative estimate of drug-likeness (QED) is 0.178. The number of ketones is 2. The van der Waals surface area contributed by atoms with E-state index in [-0.39, 0.29) is 41.9 Å². The third-order valence-corrected chi connectivity index (χ3v) is 10.9. The predicted octanol–water partition coefficient (Wildman–Crippen LogP) is 6.16. The number of amides is 1. The first kappa shape index (κ1) is 33.4. The van der Waals surface area contributed by atoms with Crippen molar-refractivity contribution in [2.24, 2.45) is 5.41 Å². The van der Waals surface area contributed by atoms with E-state index < -0.39 is 6.04 Å². The molecule has 0 N–H and O–H groups in total. The average Bonchev–Trinajstić information content (AvgIpc) is 3.45. The van der Waals surface area contributed by atoms with Gasteiger partial charge in [0.25, 0.3) is 0 Å². The van der Waals surface area contributed by atoms with Crippen LogP contribution in [0.3, 0.4) is 0 Å². The van der Waals surface area contributed by atoms with Gasteiger partial charge in [0.1, 0.15) is 22.7 Å². The second-order valence-corrected chi connectivity index (χ2v) is 15.0. The third kappa shape index (κ3) is 6.62. The van der Waals surface area contributed by atoms with E-state index in [4.69, 9.17) is 5.10 Å². The highest BCUT2D eigenvalue weighted by Gasteiger charge is 2.67. The first-order valence-corrected chi connectivity index (χ1v) is 18.0. The van der Waals surface area contributed by atoms with E-state index in [1.54, 1.807) is 17.1 Å². The summed E-state index contributed by atoms with van der Waals surface area (Å²) in [5.41, 5.74) is 5.20. The third-order valence-electron chi connectivity index (χ3n) is 10.5. The molecule has 5 heterocycles. The van der Waals surface area contributed by atoms with Crippen molar-refractivity contribution in [3.05, 3.63) is 75.7 Å². The van der Waals surface area contributed by atoms with Gasteiger partial charge in [0.15, 0.2) is 11.6 Å². The Labute approximate surface area is 295 Å². The van der Waals surface area contributed by atoms with Crippen LogP contribution in [0, 0.1) is 19.3 Å². The molecule has 1 saturated heterocycles. The van der Waals surface area contributed by atoms with Crippen molar-refractivity contribution >= 4 is 50.4 Å². The minimum Gasteiger partial charge on any atom is -0.327 e. The maximum absolute atomic E-state index is 14.5. The van der Waals surface area contributed by atoms with Crippen molar-refractivity contribution in [1.29, 1.82) is 0 Å². The first-order valence-electron chi connectivity index (χ1n) is 17.2. The fraction of sp³-hybridized carbons (Fsp3) is 0.447. The van der Waals surface area contributed by atoms with Gasteiger partial charge >= 0.3 is 0 Å². The van der Waals surface area contributed by atoms with Crippen LogP contribution in [0.4, 0.5) is 0 Å². The summed E-state index contributed by atoms with van der Waals surface area (Å²) >= 11 is 3.45. The Morgan fingerprint density at radius 3 is 2.61 bits per heavy atom. The molecule has 4 aromatic rings. The van der Waals surface area contributed by atoms with Crippen LogP contribution >= 0.6 is 15.9 Å². The molecular formula is C38H42BrN7O3. The minimum atomic E-state index is -0.541. The zero-order valence-corrected chi connectivity index (χ0v) is 30.2. The molecule has 1 amide bonds. The number of aromatic nitrogens is 5. The fourth-order valence-electron chi connectivity index (χ4n) is 7.91. The summed E-state index contributed by atoms with van der Waals surface area (Å²) in [5.74, 6) is 0.353. The zero-order valence-electron chi connectivity index (χ0n) is 28.6. The molecule has 3 aromatic heterocycles. The fourth-order valence-corrected chi connectivity index (χ4v) is 8.26. The van der Waals surface area contributed by atoms with Gasteiger partial charge in [-0.1, -0.05) is 24.6 Å². The van der Waals surface area contributed by atoms with Gasteiger partial charge in [-0.3, -0.25) is 19.1 Å². The highest BCUT2D eigenvalue weighted by atomic mass is 79.9. The number of carbonyl (C=O) groups is 3. The number of pyridine rings is 1. The summed E-state index contributed by atoms with van der Waals surface area (Å²) in [6.45, 7) is 7.08. The van der Waals surface area contributed by atoms with Crippen LogP contribution < -0.4 is 0 Å². The lowest BCUT2D eigenvalue weighted by Gasteiger charge is -2.27. The Balaban J connectivity index is 1.30. The summed E-state index contributed by atoms with van der Waals surface area (Å²) < 4.78 is 2.36. The van der Waals surface area contributed by atoms with E-state index in [1.807, 2.05) is 36.9 Å². The van der Waals surface area contributed by atoms with Crippen molar-refractivity contribution < 1.29 is 14.4 Å². The van der Waals surface area contributed by atoms with Crippen LogP contribution in [0.2, 0.25) is 0 Å². The van der Waals surface area contributed by atoms with Crippen LogP contribution in [0.15, 0.2) is 47.3 Å². The topological polar surface area (TPSA) is 114 Å². The highest BCUT2D eigenvalue weighted by Crippen LogP contribution is 2.60. The maximum atomic E-state index is 14.5. The molecule has 49 heavy (non-hydrogen) atoms. The monoisotopic (exact) mass is 723 g/mol. The molecule has 2 aliphatic heterocycles. The van der Waals surface area contributed by atoms with Crippen LogP contribution in [0.1, 0.15) is 78.6 Å². The van der Waals surface area contributed by atoms with Gasteiger partial charge in [-0.2, -0.15) is 5.10 Å². The number of benzene rings is 1. The van der Waals surface area contributed by atoms with E-state index in [9.17, 15) is 14.4 Å². The Kier molecular flexibility index (Phi) is 9.08. The summed E-state index contributed by atoms with van der Waals surface area (Å²) in [5, 5.41) is 5.46. The highest BCUT2D eigenvalue weighted by molar-refractivity contribution is 9.10. The number of carbonyl (C=O) groups excluding carboxylic acids is 3. The molecule has 3 aliphatic rings. The van der Waals surface area contributed by atoms with E-state index in [0.29, 0.717) is 27.9 Å². The number of allylic oxidation sites excluding steroid dienone is 1. The van der Waals surface area contributed by atoms with Gasteiger partial charge in [-0.25, -0.2) is 15.0 Å². The Hall–Kier alpha value is -4.09. The lowest BCUT2D eigenvalue weighted by molar-refractivity contribution is -0.139. The molecule has 2 bridgehead atoms. The summed E-state index contributed by atoms with van der Waals surface area (Å²) in [6.07, 6.45) is 13.7. The van der Waals surface area contributed by atoms with Crippen LogP contribution in [-0.2, 0) is 22.6 Å². The number of Topliss-reactive ketones (excluding diaryl/α,β-unsaturated/α-hetero) is 2. The molecule has 1 aromatic carbocycles. The minimum absolute atomic E-state index is 0.00834. The van der Waals surface area contributed by atoms with Gasteiger partial charge in [0.2, 0.25) is 5.91 Å². The van der Waals surface area contributed by atoms with E-state index in [2.05, 4.69) is 61.0 Å². The smallest absolute Gasteiger partial charge is 0.245 e. The summed E-state index contributed by atoms with van der Waals surface area (Å²) in [7, 11) is 2.16. The first-order chi connectivity index (χ1) is 23.5. The van der Waals surface area contributed by atoms with E-state index >= 15 is 0 Å². The predicted molar refractivity (Wildman–Crippen MR) is 192 cm³/mol. The largest absolute Gasteiger partial charge is 0.327 e. The molecule has 1 saturated carbocycles. The maximum Gasteiger partial charge on any atom is 0.245 e. The lowest BCUT2D eigenvalue weighted by atomic mass is 9.94. The van der Waals surface area contributed by atoms with Crippen LogP contribution in [-0.4, -0.2) is 84.2 Å². The number of halogens is 1. The van der Waals surface area contributed by atoms with E-state index in [0.717, 1.165) is 78.7 Å². The molecule has 3 atom stereocenters. The number of hydrogen-bond acceptors (Lipinski definition) is 8. The van der Waals surface area contributed by atoms with Crippen LogP contribution in [0.5, 0.6) is 0 Å². The number of nitrogens with zero attached hydrogens (tertiary/aromatic N) is 7. The van der Waals surface area contributed by atoms with Gasteiger partial charge < -0.3 is 9.80 Å². The van der Waals surface area contributed by atoms with Gasteiger partial charge in [0, 0.05) is 53.8 Å². The number of hydrogen-bond donors (Lipinski definition) is 0. The summed E-state index contributed by atoms with van der Waals surface area (Å²) in [6, 6.07) is 7.29. The Morgan fingerprint density at radius 1 is 1.04 bits per heavy atom.